The molecule has 2 amide bonds. The predicted octanol–water partition coefficient (Wildman–Crippen LogP) is 4.26. The van der Waals surface area contributed by atoms with Crippen LogP contribution in [0.1, 0.15) is 19.7 Å². The number of anilines is 2. The van der Waals surface area contributed by atoms with E-state index in [1.807, 2.05) is 18.4 Å². The molecule has 0 radical (unpaired) electrons. The number of carbonyl (C=O) groups is 2. The second kappa shape index (κ2) is 11.5. The summed E-state index contributed by atoms with van der Waals surface area (Å²) in [4.78, 5) is 24.7. The number of nitrogens with one attached hydrogen (secondary N) is 2. The third-order valence-corrected chi connectivity index (χ3v) is 5.56. The van der Waals surface area contributed by atoms with Crippen LogP contribution in [-0.2, 0) is 22.6 Å². The Morgan fingerprint density at radius 1 is 0.969 bits per heavy atom. The van der Waals surface area contributed by atoms with Crippen LogP contribution in [0, 0.1) is 0 Å². The maximum atomic E-state index is 12.5. The zero-order chi connectivity index (χ0) is 22.9. The number of ether oxygens (including phenoxy) is 1. The van der Waals surface area contributed by atoms with Gasteiger partial charge in [0, 0.05) is 22.9 Å². The Labute approximate surface area is 195 Å². The van der Waals surface area contributed by atoms with Gasteiger partial charge in [-0.25, -0.2) is 0 Å². The summed E-state index contributed by atoms with van der Waals surface area (Å²) < 4.78 is 7.23. The molecule has 0 saturated carbocycles. The largest absolute Gasteiger partial charge is 0.494 e. The van der Waals surface area contributed by atoms with E-state index in [2.05, 4.69) is 20.8 Å². The molecule has 0 aliphatic heterocycles. The SMILES string of the molecule is CCOc1ccc(NC(=O)Cc2nnc(SCC(=O)Nc3ccc(Cl)cc3)n2CC)cc1. The molecule has 168 valence electrons. The number of thioether (sulfide) groups is 1. The summed E-state index contributed by atoms with van der Waals surface area (Å²) in [5.41, 5.74) is 1.35. The van der Waals surface area contributed by atoms with Crippen molar-refractivity contribution in [3.63, 3.8) is 0 Å². The maximum absolute atomic E-state index is 12.5. The number of nitrogens with zero attached hydrogens (tertiary/aromatic N) is 3. The summed E-state index contributed by atoms with van der Waals surface area (Å²) >= 11 is 7.12. The number of benzene rings is 2. The molecule has 0 fully saturated rings. The zero-order valence-electron chi connectivity index (χ0n) is 17.8. The predicted molar refractivity (Wildman–Crippen MR) is 126 cm³/mol. The minimum atomic E-state index is -0.201. The van der Waals surface area contributed by atoms with Gasteiger partial charge in [-0.2, -0.15) is 0 Å². The van der Waals surface area contributed by atoms with Gasteiger partial charge in [-0.15, -0.1) is 10.2 Å². The summed E-state index contributed by atoms with van der Waals surface area (Å²) in [7, 11) is 0. The number of halogens is 1. The fourth-order valence-corrected chi connectivity index (χ4v) is 3.83. The van der Waals surface area contributed by atoms with Crippen LogP contribution >= 0.6 is 23.4 Å². The first-order valence-corrected chi connectivity index (χ1v) is 11.5. The Hall–Kier alpha value is -3.04. The molecule has 0 aliphatic carbocycles. The van der Waals surface area contributed by atoms with E-state index in [1.54, 1.807) is 48.5 Å². The van der Waals surface area contributed by atoms with Crippen LogP contribution in [-0.4, -0.2) is 38.9 Å². The third kappa shape index (κ3) is 6.73. The van der Waals surface area contributed by atoms with Crippen molar-refractivity contribution in [1.29, 1.82) is 0 Å². The smallest absolute Gasteiger partial charge is 0.234 e. The lowest BCUT2D eigenvalue weighted by atomic mass is 10.3. The first-order valence-electron chi connectivity index (χ1n) is 10.1. The van der Waals surface area contributed by atoms with Crippen molar-refractivity contribution in [1.82, 2.24) is 14.8 Å². The Balaban J connectivity index is 1.54. The van der Waals surface area contributed by atoms with Gasteiger partial charge >= 0.3 is 0 Å². The number of hydrogen-bond acceptors (Lipinski definition) is 6. The summed E-state index contributed by atoms with van der Waals surface area (Å²) in [5.74, 6) is 1.08. The van der Waals surface area contributed by atoms with Gasteiger partial charge in [0.05, 0.1) is 18.8 Å². The molecule has 1 aromatic heterocycles. The normalized spacial score (nSPS) is 10.6. The van der Waals surface area contributed by atoms with Crippen molar-refractivity contribution in [3.05, 3.63) is 59.4 Å². The zero-order valence-corrected chi connectivity index (χ0v) is 19.4. The van der Waals surface area contributed by atoms with Gasteiger partial charge in [0.25, 0.3) is 0 Å². The van der Waals surface area contributed by atoms with Gasteiger partial charge in [0.2, 0.25) is 11.8 Å². The van der Waals surface area contributed by atoms with Crippen molar-refractivity contribution in [3.8, 4) is 5.75 Å². The van der Waals surface area contributed by atoms with Crippen LogP contribution in [0.5, 0.6) is 5.75 Å². The highest BCUT2D eigenvalue weighted by Crippen LogP contribution is 2.20. The van der Waals surface area contributed by atoms with Gasteiger partial charge in [-0.1, -0.05) is 23.4 Å². The summed E-state index contributed by atoms with van der Waals surface area (Å²) in [6.45, 7) is 5.02. The minimum Gasteiger partial charge on any atom is -0.494 e. The molecule has 0 aliphatic rings. The molecule has 0 unspecified atom stereocenters. The molecule has 1 heterocycles. The molecule has 3 rings (SSSR count). The topological polar surface area (TPSA) is 98.1 Å². The second-order valence-corrected chi connectivity index (χ2v) is 8.05. The van der Waals surface area contributed by atoms with Crippen LogP contribution in [0.3, 0.4) is 0 Å². The van der Waals surface area contributed by atoms with Crippen molar-refractivity contribution in [2.24, 2.45) is 0 Å². The molecule has 3 aromatic rings. The third-order valence-electron chi connectivity index (χ3n) is 4.34. The number of rotatable bonds is 10. The lowest BCUT2D eigenvalue weighted by Gasteiger charge is -2.09. The van der Waals surface area contributed by atoms with Crippen LogP contribution < -0.4 is 15.4 Å². The second-order valence-electron chi connectivity index (χ2n) is 6.67. The van der Waals surface area contributed by atoms with Crippen molar-refractivity contribution in [2.45, 2.75) is 32.0 Å². The molecule has 2 N–H and O–H groups in total. The number of aromatic nitrogens is 3. The van der Waals surface area contributed by atoms with Crippen LogP contribution in [0.25, 0.3) is 0 Å². The van der Waals surface area contributed by atoms with E-state index in [4.69, 9.17) is 16.3 Å². The molecule has 32 heavy (non-hydrogen) atoms. The Morgan fingerprint density at radius 2 is 1.59 bits per heavy atom. The minimum absolute atomic E-state index is 0.0750. The Bertz CT molecular complexity index is 1050. The maximum Gasteiger partial charge on any atom is 0.234 e. The van der Waals surface area contributed by atoms with E-state index in [9.17, 15) is 9.59 Å². The summed E-state index contributed by atoms with van der Waals surface area (Å²) in [6.07, 6.45) is 0.0750. The fourth-order valence-electron chi connectivity index (χ4n) is 2.88. The number of hydrogen-bond donors (Lipinski definition) is 2. The number of carbonyl (C=O) groups excluding carboxylic acids is 2. The van der Waals surface area contributed by atoms with Gasteiger partial charge in [0.15, 0.2) is 5.16 Å². The standard InChI is InChI=1S/C22H24ClN5O3S/c1-3-28-19(13-20(29)24-17-9-11-18(12-10-17)31-4-2)26-27-22(28)32-14-21(30)25-16-7-5-15(23)6-8-16/h5-12H,3-4,13-14H2,1-2H3,(H,24,29)(H,25,30). The molecule has 0 atom stereocenters. The first kappa shape index (κ1) is 23.6. The van der Waals surface area contributed by atoms with E-state index < -0.39 is 0 Å². The average Bonchev–Trinajstić information content (AvgIpc) is 3.16. The Morgan fingerprint density at radius 3 is 2.22 bits per heavy atom. The molecule has 0 saturated heterocycles. The van der Waals surface area contributed by atoms with Gasteiger partial charge in [-0.05, 0) is 62.4 Å². The van der Waals surface area contributed by atoms with E-state index in [0.717, 1.165) is 5.75 Å². The van der Waals surface area contributed by atoms with Gasteiger partial charge in [0.1, 0.15) is 11.6 Å². The van der Waals surface area contributed by atoms with E-state index >= 15 is 0 Å². The highest BCUT2D eigenvalue weighted by molar-refractivity contribution is 7.99. The van der Waals surface area contributed by atoms with E-state index in [1.165, 1.54) is 11.8 Å². The lowest BCUT2D eigenvalue weighted by molar-refractivity contribution is -0.116. The van der Waals surface area contributed by atoms with E-state index in [-0.39, 0.29) is 24.0 Å². The molecule has 0 spiro atoms. The highest BCUT2D eigenvalue weighted by atomic mass is 35.5. The van der Waals surface area contributed by atoms with Gasteiger partial charge in [-0.3, -0.25) is 9.59 Å². The first-order chi connectivity index (χ1) is 15.5. The van der Waals surface area contributed by atoms with Crippen LogP contribution in [0.2, 0.25) is 5.02 Å². The summed E-state index contributed by atoms with van der Waals surface area (Å²) in [5, 5.41) is 15.1. The average molecular weight is 474 g/mol. The Kier molecular flexibility index (Phi) is 8.52. The molecular formula is C22H24ClN5O3S. The van der Waals surface area contributed by atoms with Crippen molar-refractivity contribution in [2.75, 3.05) is 23.0 Å². The molecule has 2 aromatic carbocycles. The monoisotopic (exact) mass is 473 g/mol. The lowest BCUT2D eigenvalue weighted by Crippen LogP contribution is -2.18. The summed E-state index contributed by atoms with van der Waals surface area (Å²) in [6, 6.07) is 14.1. The van der Waals surface area contributed by atoms with Crippen LogP contribution in [0.15, 0.2) is 53.7 Å². The molecule has 0 bridgehead atoms. The molecule has 8 nitrogen and oxygen atoms in total. The van der Waals surface area contributed by atoms with Crippen molar-refractivity contribution < 1.29 is 14.3 Å². The molecular weight excluding hydrogens is 450 g/mol. The highest BCUT2D eigenvalue weighted by Gasteiger charge is 2.16. The fraction of sp³-hybridized carbons (Fsp3) is 0.273. The van der Waals surface area contributed by atoms with Crippen molar-refractivity contribution >= 4 is 46.6 Å². The van der Waals surface area contributed by atoms with Gasteiger partial charge < -0.3 is 19.9 Å². The quantitative estimate of drug-likeness (QED) is 0.427. The number of amides is 2. The van der Waals surface area contributed by atoms with E-state index in [0.29, 0.717) is 40.5 Å². The van der Waals surface area contributed by atoms with Crippen LogP contribution in [0.4, 0.5) is 11.4 Å². The molecule has 10 heteroatoms.